The number of ether oxygens (including phenoxy) is 1. The molecule has 72 valence electrons. The fourth-order valence-corrected chi connectivity index (χ4v) is 0.582. The normalized spacial score (nSPS) is 8.23. The van der Waals surface area contributed by atoms with Crippen molar-refractivity contribution in [3.63, 3.8) is 0 Å². The molecule has 0 aliphatic rings. The van der Waals surface area contributed by atoms with E-state index in [2.05, 4.69) is 0 Å². The van der Waals surface area contributed by atoms with E-state index < -0.39 is 0 Å². The van der Waals surface area contributed by atoms with E-state index in [4.69, 9.17) is 9.84 Å². The average Bonchev–Trinajstić information content (AvgIpc) is 2.05. The lowest BCUT2D eigenvalue weighted by Crippen LogP contribution is -1.79. The van der Waals surface area contributed by atoms with Crippen molar-refractivity contribution in [3.8, 4) is 11.5 Å². The van der Waals surface area contributed by atoms with Crippen LogP contribution in [0.3, 0.4) is 0 Å². The first-order valence-electron chi connectivity index (χ1n) is 3.86. The zero-order valence-electron chi connectivity index (χ0n) is 8.07. The van der Waals surface area contributed by atoms with E-state index in [1.807, 2.05) is 0 Å². The number of hydrogen-bond donors (Lipinski definition) is 1. The third-order valence-corrected chi connectivity index (χ3v) is 1.07. The summed E-state index contributed by atoms with van der Waals surface area (Å²) >= 11 is 0. The molecule has 0 saturated heterocycles. The van der Waals surface area contributed by atoms with E-state index in [0.717, 1.165) is 5.75 Å². The van der Waals surface area contributed by atoms with Gasteiger partial charge in [-0.05, 0) is 38.1 Å². The van der Waals surface area contributed by atoms with Gasteiger partial charge in [0.1, 0.15) is 17.3 Å². The number of Topliss-reactive ketones (excluding diaryl/α,β-unsaturated/α-hetero) is 1. The van der Waals surface area contributed by atoms with Gasteiger partial charge in [-0.1, -0.05) is 0 Å². The quantitative estimate of drug-likeness (QED) is 0.722. The molecule has 0 spiro atoms. The maximum atomic E-state index is 9.44. The monoisotopic (exact) mass is 182 g/mol. The van der Waals surface area contributed by atoms with Gasteiger partial charge in [-0.25, -0.2) is 0 Å². The van der Waals surface area contributed by atoms with Crippen LogP contribution in [0.25, 0.3) is 0 Å². The number of carbonyl (C=O) groups is 1. The lowest BCUT2D eigenvalue weighted by atomic mass is 10.3. The molecule has 0 aromatic heterocycles. The van der Waals surface area contributed by atoms with Crippen LogP contribution in [0.15, 0.2) is 24.3 Å². The zero-order valence-corrected chi connectivity index (χ0v) is 8.07. The van der Waals surface area contributed by atoms with Crippen LogP contribution in [0.2, 0.25) is 0 Å². The minimum absolute atomic E-state index is 0.167. The topological polar surface area (TPSA) is 46.5 Å². The average molecular weight is 182 g/mol. The molecule has 0 amide bonds. The van der Waals surface area contributed by atoms with Crippen molar-refractivity contribution in [2.45, 2.75) is 13.8 Å². The van der Waals surface area contributed by atoms with Crippen LogP contribution in [0, 0.1) is 0 Å². The minimum atomic E-state index is 0.167. The van der Waals surface area contributed by atoms with Gasteiger partial charge in [0, 0.05) is 0 Å². The Kier molecular flexibility index (Phi) is 5.35. The van der Waals surface area contributed by atoms with Gasteiger partial charge in [-0.3, -0.25) is 0 Å². The molecule has 0 unspecified atom stereocenters. The van der Waals surface area contributed by atoms with Crippen LogP contribution >= 0.6 is 0 Å². The highest BCUT2D eigenvalue weighted by atomic mass is 16.5. The molecule has 1 N–H and O–H groups in total. The second kappa shape index (κ2) is 6.06. The number of aromatic hydroxyl groups is 1. The molecule has 0 fully saturated rings. The fourth-order valence-electron chi connectivity index (χ4n) is 0.582. The zero-order chi connectivity index (χ0) is 10.3. The number of hydrogen-bond acceptors (Lipinski definition) is 3. The van der Waals surface area contributed by atoms with Crippen molar-refractivity contribution in [3.05, 3.63) is 24.3 Å². The van der Waals surface area contributed by atoms with Crippen LogP contribution in [-0.2, 0) is 4.79 Å². The largest absolute Gasteiger partial charge is 0.508 e. The molecule has 3 nitrogen and oxygen atoms in total. The van der Waals surface area contributed by atoms with Gasteiger partial charge < -0.3 is 14.6 Å². The standard InChI is InChI=1S/C7H8O2.C3H6O/c1-9-7-4-2-6(8)3-5-7;1-3(2)4/h2-5,8H,1H3;1-2H3. The van der Waals surface area contributed by atoms with Crippen LogP contribution < -0.4 is 4.74 Å². The van der Waals surface area contributed by atoms with E-state index in [9.17, 15) is 4.79 Å². The van der Waals surface area contributed by atoms with Gasteiger partial charge in [-0.15, -0.1) is 0 Å². The predicted octanol–water partition coefficient (Wildman–Crippen LogP) is 2.00. The lowest BCUT2D eigenvalue weighted by molar-refractivity contribution is -0.114. The highest BCUT2D eigenvalue weighted by molar-refractivity contribution is 5.72. The number of phenolic OH excluding ortho intramolecular Hbond substituents is 1. The van der Waals surface area contributed by atoms with E-state index in [1.54, 1.807) is 31.4 Å². The predicted molar refractivity (Wildman–Crippen MR) is 51.0 cm³/mol. The highest BCUT2D eigenvalue weighted by Crippen LogP contribution is 2.14. The molecule has 3 heteroatoms. The molecule has 1 rings (SSSR count). The molecule has 0 atom stereocenters. The molecule has 0 heterocycles. The van der Waals surface area contributed by atoms with Gasteiger partial charge in [-0.2, -0.15) is 0 Å². The second-order valence-electron chi connectivity index (χ2n) is 2.61. The Morgan fingerprint density at radius 1 is 1.23 bits per heavy atom. The second-order valence-corrected chi connectivity index (χ2v) is 2.61. The minimum Gasteiger partial charge on any atom is -0.508 e. The van der Waals surface area contributed by atoms with Gasteiger partial charge in [0.05, 0.1) is 7.11 Å². The molecule has 0 aliphatic carbocycles. The van der Waals surface area contributed by atoms with Gasteiger partial charge >= 0.3 is 0 Å². The summed E-state index contributed by atoms with van der Waals surface area (Å²) in [5, 5.41) is 8.80. The first-order valence-corrected chi connectivity index (χ1v) is 3.86. The first kappa shape index (κ1) is 11.5. The number of methoxy groups -OCH3 is 1. The summed E-state index contributed by atoms with van der Waals surface area (Å²) in [4.78, 5) is 9.44. The smallest absolute Gasteiger partial charge is 0.126 e. The van der Waals surface area contributed by atoms with Crippen LogP contribution in [0.5, 0.6) is 11.5 Å². The van der Waals surface area contributed by atoms with Gasteiger partial charge in [0.15, 0.2) is 0 Å². The summed E-state index contributed by atoms with van der Waals surface area (Å²) in [6, 6.07) is 6.57. The SMILES string of the molecule is CC(C)=O.COc1ccc(O)cc1. The van der Waals surface area contributed by atoms with E-state index in [0.29, 0.717) is 0 Å². The van der Waals surface area contributed by atoms with Crippen molar-refractivity contribution in [1.29, 1.82) is 0 Å². The highest BCUT2D eigenvalue weighted by Gasteiger charge is 1.87. The molecule has 0 radical (unpaired) electrons. The first-order chi connectivity index (χ1) is 6.06. The summed E-state index contributed by atoms with van der Waals surface area (Å²) in [6.07, 6.45) is 0. The number of carbonyl (C=O) groups excluding carboxylic acids is 1. The summed E-state index contributed by atoms with van der Waals surface area (Å²) < 4.78 is 4.86. The van der Waals surface area contributed by atoms with E-state index in [1.165, 1.54) is 13.8 Å². The Bertz CT molecular complexity index is 247. The van der Waals surface area contributed by atoms with E-state index in [-0.39, 0.29) is 11.5 Å². The Balaban J connectivity index is 0.000000310. The van der Waals surface area contributed by atoms with Crippen molar-refractivity contribution in [2.24, 2.45) is 0 Å². The molecule has 0 aliphatic heterocycles. The molecule has 13 heavy (non-hydrogen) atoms. The molecule has 1 aromatic rings. The Morgan fingerprint density at radius 2 is 1.62 bits per heavy atom. The summed E-state index contributed by atoms with van der Waals surface area (Å²) in [7, 11) is 1.59. The molecular formula is C10H14O3. The lowest BCUT2D eigenvalue weighted by Gasteiger charge is -1.96. The van der Waals surface area contributed by atoms with Crippen molar-refractivity contribution >= 4 is 5.78 Å². The van der Waals surface area contributed by atoms with Crippen LogP contribution in [-0.4, -0.2) is 18.0 Å². The Hall–Kier alpha value is -1.51. The fraction of sp³-hybridized carbons (Fsp3) is 0.300. The third kappa shape index (κ3) is 6.87. The molecule has 1 aromatic carbocycles. The molecule has 0 saturated carbocycles. The number of benzene rings is 1. The maximum Gasteiger partial charge on any atom is 0.126 e. The van der Waals surface area contributed by atoms with Crippen molar-refractivity contribution in [1.82, 2.24) is 0 Å². The van der Waals surface area contributed by atoms with Crippen molar-refractivity contribution < 1.29 is 14.6 Å². The summed E-state index contributed by atoms with van der Waals surface area (Å²) in [6.45, 7) is 3.06. The van der Waals surface area contributed by atoms with Crippen molar-refractivity contribution in [2.75, 3.05) is 7.11 Å². The molecular weight excluding hydrogens is 168 g/mol. The molecule has 0 bridgehead atoms. The summed E-state index contributed by atoms with van der Waals surface area (Å²) in [5.74, 6) is 1.18. The third-order valence-electron chi connectivity index (χ3n) is 1.07. The number of phenols is 1. The summed E-state index contributed by atoms with van der Waals surface area (Å²) in [5.41, 5.74) is 0. The van der Waals surface area contributed by atoms with Gasteiger partial charge in [0.25, 0.3) is 0 Å². The number of rotatable bonds is 1. The van der Waals surface area contributed by atoms with E-state index >= 15 is 0 Å². The Morgan fingerprint density at radius 3 is 1.92 bits per heavy atom. The van der Waals surface area contributed by atoms with Crippen LogP contribution in [0.4, 0.5) is 0 Å². The van der Waals surface area contributed by atoms with Crippen LogP contribution in [0.1, 0.15) is 13.8 Å². The maximum absolute atomic E-state index is 9.44. The Labute approximate surface area is 78.0 Å². The van der Waals surface area contributed by atoms with Gasteiger partial charge in [0.2, 0.25) is 0 Å². The number of ketones is 1.